The maximum absolute atomic E-state index is 12.4. The summed E-state index contributed by atoms with van der Waals surface area (Å²) in [4.78, 5) is 14.2. The SMILES string of the molecule is CCCN(CC1CCCN1)C(=O)c1ccoc1Cl. The van der Waals surface area contributed by atoms with Gasteiger partial charge in [-0.1, -0.05) is 6.92 Å². The molecule has 1 amide bonds. The van der Waals surface area contributed by atoms with E-state index in [0.717, 1.165) is 32.5 Å². The summed E-state index contributed by atoms with van der Waals surface area (Å²) < 4.78 is 4.99. The van der Waals surface area contributed by atoms with E-state index < -0.39 is 0 Å². The fourth-order valence-corrected chi connectivity index (χ4v) is 2.54. The maximum Gasteiger partial charge on any atom is 0.258 e. The van der Waals surface area contributed by atoms with E-state index in [1.165, 1.54) is 12.7 Å². The summed E-state index contributed by atoms with van der Waals surface area (Å²) in [5, 5.41) is 3.59. The van der Waals surface area contributed by atoms with Gasteiger partial charge in [0, 0.05) is 19.1 Å². The molecule has 1 fully saturated rings. The van der Waals surface area contributed by atoms with E-state index in [2.05, 4.69) is 12.2 Å². The van der Waals surface area contributed by atoms with E-state index in [-0.39, 0.29) is 11.1 Å². The number of hydrogen-bond acceptors (Lipinski definition) is 3. The van der Waals surface area contributed by atoms with Crippen molar-refractivity contribution in [3.63, 3.8) is 0 Å². The van der Waals surface area contributed by atoms with E-state index in [4.69, 9.17) is 16.0 Å². The molecule has 5 heteroatoms. The second kappa shape index (κ2) is 6.25. The summed E-state index contributed by atoms with van der Waals surface area (Å²) in [6.07, 6.45) is 4.71. The predicted octanol–water partition coefficient (Wildman–Crippen LogP) is 2.54. The van der Waals surface area contributed by atoms with Crippen LogP contribution < -0.4 is 5.32 Å². The fourth-order valence-electron chi connectivity index (χ4n) is 2.34. The van der Waals surface area contributed by atoms with Crippen LogP contribution in [0.5, 0.6) is 0 Å². The van der Waals surface area contributed by atoms with Gasteiger partial charge in [-0.05, 0) is 43.5 Å². The van der Waals surface area contributed by atoms with Gasteiger partial charge in [-0.3, -0.25) is 4.79 Å². The predicted molar refractivity (Wildman–Crippen MR) is 70.9 cm³/mol. The first kappa shape index (κ1) is 13.4. The Labute approximate surface area is 112 Å². The monoisotopic (exact) mass is 270 g/mol. The molecule has 0 aliphatic carbocycles. The third-order valence-electron chi connectivity index (χ3n) is 3.23. The number of nitrogens with one attached hydrogen (secondary N) is 1. The van der Waals surface area contributed by atoms with Crippen molar-refractivity contribution in [2.24, 2.45) is 0 Å². The zero-order chi connectivity index (χ0) is 13.0. The molecular formula is C13H19ClN2O2. The highest BCUT2D eigenvalue weighted by Crippen LogP contribution is 2.19. The minimum atomic E-state index is -0.0377. The second-order valence-corrected chi connectivity index (χ2v) is 5.00. The molecule has 4 nitrogen and oxygen atoms in total. The summed E-state index contributed by atoms with van der Waals surface area (Å²) in [6, 6.07) is 2.04. The van der Waals surface area contributed by atoms with Crippen molar-refractivity contribution in [1.29, 1.82) is 0 Å². The molecule has 1 atom stereocenters. The highest BCUT2D eigenvalue weighted by atomic mass is 35.5. The Balaban J connectivity index is 2.04. The molecule has 1 saturated heterocycles. The van der Waals surface area contributed by atoms with Crippen LogP contribution in [0, 0.1) is 0 Å². The standard InChI is InChI=1S/C13H19ClN2O2/c1-2-7-16(9-10-4-3-6-15-10)13(17)11-5-8-18-12(11)14/h5,8,10,15H,2-4,6-7,9H2,1H3. The number of carbonyl (C=O) groups excluding carboxylic acids is 1. The van der Waals surface area contributed by atoms with Gasteiger partial charge in [-0.25, -0.2) is 0 Å². The van der Waals surface area contributed by atoms with Gasteiger partial charge in [0.2, 0.25) is 5.22 Å². The summed E-state index contributed by atoms with van der Waals surface area (Å²) in [7, 11) is 0. The molecule has 0 radical (unpaired) electrons. The van der Waals surface area contributed by atoms with E-state index in [0.29, 0.717) is 11.6 Å². The third-order valence-corrected chi connectivity index (χ3v) is 3.52. The van der Waals surface area contributed by atoms with Crippen molar-refractivity contribution in [2.75, 3.05) is 19.6 Å². The smallest absolute Gasteiger partial charge is 0.258 e. The molecule has 0 bridgehead atoms. The number of nitrogens with zero attached hydrogens (tertiary/aromatic N) is 1. The third kappa shape index (κ3) is 3.06. The van der Waals surface area contributed by atoms with Crippen LogP contribution in [0.1, 0.15) is 36.5 Å². The van der Waals surface area contributed by atoms with Crippen LogP contribution in [-0.4, -0.2) is 36.5 Å². The molecule has 18 heavy (non-hydrogen) atoms. The molecule has 0 aromatic carbocycles. The average Bonchev–Trinajstić information content (AvgIpc) is 2.99. The van der Waals surface area contributed by atoms with Gasteiger partial charge in [-0.2, -0.15) is 0 Å². The van der Waals surface area contributed by atoms with Gasteiger partial charge in [0.1, 0.15) is 0 Å². The molecule has 0 saturated carbocycles. The van der Waals surface area contributed by atoms with Gasteiger partial charge < -0.3 is 14.6 Å². The van der Waals surface area contributed by atoms with Crippen LogP contribution in [0.4, 0.5) is 0 Å². The van der Waals surface area contributed by atoms with Crippen molar-refractivity contribution in [1.82, 2.24) is 10.2 Å². The highest BCUT2D eigenvalue weighted by molar-refractivity contribution is 6.32. The Hall–Kier alpha value is -1.00. The normalized spacial score (nSPS) is 19.1. The van der Waals surface area contributed by atoms with Crippen molar-refractivity contribution in [3.8, 4) is 0 Å². The highest BCUT2D eigenvalue weighted by Gasteiger charge is 2.24. The molecule has 1 aliphatic rings. The summed E-state index contributed by atoms with van der Waals surface area (Å²) in [6.45, 7) is 4.61. The quantitative estimate of drug-likeness (QED) is 0.894. The summed E-state index contributed by atoms with van der Waals surface area (Å²) in [5.41, 5.74) is 0.461. The molecule has 1 aromatic heterocycles. The van der Waals surface area contributed by atoms with Crippen LogP contribution in [0.3, 0.4) is 0 Å². The van der Waals surface area contributed by atoms with E-state index >= 15 is 0 Å². The topological polar surface area (TPSA) is 45.5 Å². The zero-order valence-electron chi connectivity index (χ0n) is 10.6. The van der Waals surface area contributed by atoms with E-state index in [1.54, 1.807) is 6.07 Å². The number of amides is 1. The molecule has 1 unspecified atom stereocenters. The zero-order valence-corrected chi connectivity index (χ0v) is 11.4. The Morgan fingerprint density at radius 1 is 1.67 bits per heavy atom. The van der Waals surface area contributed by atoms with Gasteiger partial charge in [-0.15, -0.1) is 0 Å². The molecular weight excluding hydrogens is 252 g/mol. The van der Waals surface area contributed by atoms with Crippen molar-refractivity contribution < 1.29 is 9.21 Å². The van der Waals surface area contributed by atoms with E-state index in [1.807, 2.05) is 4.90 Å². The maximum atomic E-state index is 12.4. The van der Waals surface area contributed by atoms with Crippen LogP contribution in [0.2, 0.25) is 5.22 Å². The Bertz CT molecular complexity index is 399. The molecule has 100 valence electrons. The number of hydrogen-bond donors (Lipinski definition) is 1. The summed E-state index contributed by atoms with van der Waals surface area (Å²) >= 11 is 5.87. The number of halogens is 1. The van der Waals surface area contributed by atoms with Gasteiger partial charge in [0.25, 0.3) is 5.91 Å². The minimum absolute atomic E-state index is 0.0377. The Morgan fingerprint density at radius 3 is 3.06 bits per heavy atom. The van der Waals surface area contributed by atoms with Crippen LogP contribution >= 0.6 is 11.6 Å². The number of carbonyl (C=O) groups is 1. The molecule has 1 aromatic rings. The molecule has 0 spiro atoms. The lowest BCUT2D eigenvalue weighted by Gasteiger charge is -2.25. The van der Waals surface area contributed by atoms with E-state index in [9.17, 15) is 4.79 Å². The first-order chi connectivity index (χ1) is 8.72. The van der Waals surface area contributed by atoms with Gasteiger partial charge in [0.15, 0.2) is 0 Å². The number of furan rings is 1. The lowest BCUT2D eigenvalue weighted by Crippen LogP contribution is -2.41. The average molecular weight is 271 g/mol. The lowest BCUT2D eigenvalue weighted by molar-refractivity contribution is 0.0741. The first-order valence-electron chi connectivity index (χ1n) is 6.48. The Kier molecular flexibility index (Phi) is 4.66. The van der Waals surface area contributed by atoms with Crippen LogP contribution in [0.15, 0.2) is 16.7 Å². The largest absolute Gasteiger partial charge is 0.452 e. The fraction of sp³-hybridized carbons (Fsp3) is 0.615. The first-order valence-corrected chi connectivity index (χ1v) is 6.85. The molecule has 2 rings (SSSR count). The van der Waals surface area contributed by atoms with Gasteiger partial charge >= 0.3 is 0 Å². The number of rotatable bonds is 5. The Morgan fingerprint density at radius 2 is 2.50 bits per heavy atom. The van der Waals surface area contributed by atoms with Crippen molar-refractivity contribution >= 4 is 17.5 Å². The lowest BCUT2D eigenvalue weighted by atomic mass is 10.2. The van der Waals surface area contributed by atoms with Crippen molar-refractivity contribution in [2.45, 2.75) is 32.2 Å². The van der Waals surface area contributed by atoms with Crippen molar-refractivity contribution in [3.05, 3.63) is 23.1 Å². The molecule has 1 aliphatic heterocycles. The van der Waals surface area contributed by atoms with Gasteiger partial charge in [0.05, 0.1) is 11.8 Å². The summed E-state index contributed by atoms with van der Waals surface area (Å²) in [5.74, 6) is -0.0377. The minimum Gasteiger partial charge on any atom is -0.452 e. The molecule has 1 N–H and O–H groups in total. The second-order valence-electron chi connectivity index (χ2n) is 4.65. The van der Waals surface area contributed by atoms with Crippen LogP contribution in [-0.2, 0) is 0 Å². The van der Waals surface area contributed by atoms with Crippen LogP contribution in [0.25, 0.3) is 0 Å². The molecule has 2 heterocycles.